The van der Waals surface area contributed by atoms with E-state index in [0.29, 0.717) is 13.0 Å². The maximum atomic E-state index is 15.7. The molecule has 2 amide bonds. The van der Waals surface area contributed by atoms with Gasteiger partial charge in [-0.25, -0.2) is 4.79 Å². The van der Waals surface area contributed by atoms with Crippen LogP contribution < -0.4 is 10.6 Å². The number of nitrogens with zero attached hydrogens (tertiary/aromatic N) is 2. The van der Waals surface area contributed by atoms with Gasteiger partial charge in [-0.05, 0) is 84.2 Å². The number of carbonyl (C=O) groups is 1. The number of pyridine rings is 1. The second kappa shape index (κ2) is 9.62. The first-order valence-electron chi connectivity index (χ1n) is 11.2. The number of thiophene rings is 1. The predicted molar refractivity (Wildman–Crippen MR) is 125 cm³/mol. The van der Waals surface area contributed by atoms with Gasteiger partial charge >= 0.3 is 12.1 Å². The molecule has 3 heterocycles. The van der Waals surface area contributed by atoms with E-state index in [1.807, 2.05) is 43.1 Å². The fourth-order valence-corrected chi connectivity index (χ4v) is 5.13. The number of amides is 2. The molecule has 0 aliphatic carbocycles. The summed E-state index contributed by atoms with van der Waals surface area (Å²) >= 11 is 0.974. The van der Waals surface area contributed by atoms with Crippen LogP contribution in [-0.2, 0) is 12.0 Å². The Morgan fingerprint density at radius 1 is 1.27 bits per heavy atom. The normalized spacial score (nSPS) is 19.8. The molecule has 0 bridgehead atoms. The van der Waals surface area contributed by atoms with Gasteiger partial charge in [0.15, 0.2) is 5.13 Å². The lowest BCUT2D eigenvalue weighted by Crippen LogP contribution is -2.58. The number of hydrogen-bond acceptors (Lipinski definition) is 4. The van der Waals surface area contributed by atoms with Gasteiger partial charge in [-0.3, -0.25) is 15.2 Å². The molecule has 0 unspecified atom stereocenters. The minimum atomic E-state index is -3.45. The lowest BCUT2D eigenvalue weighted by atomic mass is 9.79. The molecule has 1 aliphatic heterocycles. The molecule has 0 spiro atoms. The molecule has 33 heavy (non-hydrogen) atoms. The van der Waals surface area contributed by atoms with Crippen molar-refractivity contribution in [1.29, 1.82) is 0 Å². The highest BCUT2D eigenvalue weighted by Gasteiger charge is 2.59. The van der Waals surface area contributed by atoms with Crippen LogP contribution in [0.25, 0.3) is 0 Å². The summed E-state index contributed by atoms with van der Waals surface area (Å²) in [5.74, 6) is 0. The Morgan fingerprint density at radius 2 is 2.00 bits per heavy atom. The van der Waals surface area contributed by atoms with Gasteiger partial charge in [-0.2, -0.15) is 13.2 Å². The van der Waals surface area contributed by atoms with E-state index in [-0.39, 0.29) is 30.6 Å². The Labute approximate surface area is 197 Å². The molecule has 1 fully saturated rings. The Balaban J connectivity index is 1.87. The molecule has 0 radical (unpaired) electrons. The zero-order chi connectivity index (χ0) is 24.4. The smallest absolute Gasteiger partial charge is 0.333 e. The Hall–Kier alpha value is -2.13. The van der Waals surface area contributed by atoms with Gasteiger partial charge in [-0.1, -0.05) is 6.07 Å². The van der Waals surface area contributed by atoms with Crippen LogP contribution in [0.15, 0.2) is 30.5 Å². The van der Waals surface area contributed by atoms with Crippen LogP contribution in [0.5, 0.6) is 0 Å². The highest BCUT2D eigenvalue weighted by Crippen LogP contribution is 2.49. The van der Waals surface area contributed by atoms with E-state index in [1.54, 1.807) is 26.1 Å². The number of urea groups is 1. The van der Waals surface area contributed by atoms with Crippen molar-refractivity contribution in [2.24, 2.45) is 5.41 Å². The molecule has 1 atom stereocenters. The topological polar surface area (TPSA) is 57.3 Å². The zero-order valence-corrected chi connectivity index (χ0v) is 20.7. The number of aromatic nitrogens is 1. The van der Waals surface area contributed by atoms with Crippen molar-refractivity contribution < 1.29 is 18.0 Å². The molecule has 2 N–H and O–H groups in total. The van der Waals surface area contributed by atoms with Crippen LogP contribution in [-0.4, -0.2) is 41.1 Å². The molecule has 1 saturated heterocycles. The standard InChI is InChI=1S/C24H33F3N4OS/c1-16(2)29-21(32)30-24(26,27)23(11-10-19-8-9-20(25)33-19)12-13-31(15-23)22(4,5)18-7-6-17(3)28-14-18/h6-9,14,16H,10-13,15H2,1-5H3,(H2,29,30,32)/t23-/m1/s1. The van der Waals surface area contributed by atoms with Gasteiger partial charge in [0.2, 0.25) is 0 Å². The van der Waals surface area contributed by atoms with E-state index in [0.717, 1.165) is 27.5 Å². The Kier molecular flexibility index (Phi) is 7.43. The minimum Gasteiger partial charge on any atom is -0.336 e. The first kappa shape index (κ1) is 25.5. The fourth-order valence-electron chi connectivity index (χ4n) is 4.40. The molecule has 2 aromatic rings. The van der Waals surface area contributed by atoms with Crippen molar-refractivity contribution in [3.8, 4) is 0 Å². The summed E-state index contributed by atoms with van der Waals surface area (Å²) < 4.78 is 44.9. The number of likely N-dealkylation sites (tertiary alicyclic amines) is 1. The van der Waals surface area contributed by atoms with Gasteiger partial charge in [0.05, 0.1) is 5.41 Å². The summed E-state index contributed by atoms with van der Waals surface area (Å²) in [6, 6.07) is 2.28. The first-order chi connectivity index (χ1) is 15.3. The van der Waals surface area contributed by atoms with Crippen LogP contribution in [0.2, 0.25) is 0 Å². The fraction of sp³-hybridized carbons (Fsp3) is 0.583. The highest BCUT2D eigenvalue weighted by atomic mass is 32.1. The van der Waals surface area contributed by atoms with Crippen molar-refractivity contribution in [2.75, 3.05) is 13.1 Å². The average Bonchev–Trinajstić information content (AvgIpc) is 3.33. The molecular weight excluding hydrogens is 449 g/mol. The number of nitrogens with one attached hydrogen (secondary N) is 2. The summed E-state index contributed by atoms with van der Waals surface area (Å²) in [5, 5.41) is 4.10. The summed E-state index contributed by atoms with van der Waals surface area (Å²) in [6.45, 7) is 9.88. The van der Waals surface area contributed by atoms with Crippen LogP contribution in [0.4, 0.5) is 18.0 Å². The Morgan fingerprint density at radius 3 is 2.58 bits per heavy atom. The van der Waals surface area contributed by atoms with Crippen molar-refractivity contribution in [3.63, 3.8) is 0 Å². The molecule has 9 heteroatoms. The van der Waals surface area contributed by atoms with Gasteiger partial charge in [0.25, 0.3) is 0 Å². The lowest BCUT2D eigenvalue weighted by Gasteiger charge is -2.41. The first-order valence-corrected chi connectivity index (χ1v) is 12.1. The zero-order valence-electron chi connectivity index (χ0n) is 19.8. The quantitative estimate of drug-likeness (QED) is 0.492. The number of carbonyl (C=O) groups excluding carboxylic acids is 1. The number of rotatable bonds is 8. The second-order valence-electron chi connectivity index (χ2n) is 9.73. The summed E-state index contributed by atoms with van der Waals surface area (Å²) in [4.78, 5) is 19.3. The summed E-state index contributed by atoms with van der Waals surface area (Å²) in [7, 11) is 0. The Bertz CT molecular complexity index is 961. The van der Waals surface area contributed by atoms with E-state index in [4.69, 9.17) is 0 Å². The predicted octanol–water partition coefficient (Wildman–Crippen LogP) is 5.45. The monoisotopic (exact) mass is 482 g/mol. The molecule has 1 aliphatic rings. The average molecular weight is 483 g/mol. The van der Waals surface area contributed by atoms with Crippen molar-refractivity contribution in [1.82, 2.24) is 20.5 Å². The minimum absolute atomic E-state index is 0.0939. The molecule has 2 aromatic heterocycles. The lowest BCUT2D eigenvalue weighted by molar-refractivity contribution is -0.139. The summed E-state index contributed by atoms with van der Waals surface area (Å²) in [5.41, 5.74) is -0.177. The summed E-state index contributed by atoms with van der Waals surface area (Å²) in [6.07, 6.45) is 2.44. The van der Waals surface area contributed by atoms with Crippen LogP contribution >= 0.6 is 11.3 Å². The van der Waals surface area contributed by atoms with Crippen molar-refractivity contribution in [2.45, 2.75) is 71.5 Å². The number of halogens is 3. The van der Waals surface area contributed by atoms with Crippen molar-refractivity contribution in [3.05, 3.63) is 51.7 Å². The van der Waals surface area contributed by atoms with Gasteiger partial charge < -0.3 is 5.32 Å². The molecule has 3 rings (SSSR count). The molecule has 182 valence electrons. The number of aryl methyl sites for hydroxylation is 2. The van der Waals surface area contributed by atoms with Crippen LogP contribution in [0.3, 0.4) is 0 Å². The van der Waals surface area contributed by atoms with E-state index in [2.05, 4.69) is 10.3 Å². The SMILES string of the molecule is Cc1ccc(C(C)(C)N2CC[C@@](CCc3ccc(F)s3)(C(F)(F)NC(=O)NC(C)C)C2)cn1. The van der Waals surface area contributed by atoms with Crippen molar-refractivity contribution >= 4 is 17.4 Å². The van der Waals surface area contributed by atoms with E-state index in [1.165, 1.54) is 6.07 Å². The highest BCUT2D eigenvalue weighted by molar-refractivity contribution is 7.10. The van der Waals surface area contributed by atoms with Gasteiger partial charge in [0.1, 0.15) is 0 Å². The van der Waals surface area contributed by atoms with Crippen LogP contribution in [0.1, 0.15) is 56.7 Å². The van der Waals surface area contributed by atoms with Crippen LogP contribution in [0, 0.1) is 17.5 Å². The van der Waals surface area contributed by atoms with E-state index < -0.39 is 23.0 Å². The third-order valence-electron chi connectivity index (χ3n) is 6.60. The largest absolute Gasteiger partial charge is 0.336 e. The van der Waals surface area contributed by atoms with E-state index in [9.17, 15) is 9.18 Å². The molecular formula is C24H33F3N4OS. The maximum absolute atomic E-state index is 15.7. The number of alkyl halides is 2. The number of hydrogen-bond donors (Lipinski definition) is 2. The van der Waals surface area contributed by atoms with Gasteiger partial charge in [0, 0.05) is 34.9 Å². The molecule has 5 nitrogen and oxygen atoms in total. The van der Waals surface area contributed by atoms with E-state index >= 15 is 8.78 Å². The maximum Gasteiger partial charge on any atom is 0.333 e. The van der Waals surface area contributed by atoms with Gasteiger partial charge in [-0.15, -0.1) is 11.3 Å². The molecule has 0 saturated carbocycles. The third-order valence-corrected chi connectivity index (χ3v) is 7.53. The third kappa shape index (κ3) is 5.69. The molecule has 0 aromatic carbocycles. The second-order valence-corrected chi connectivity index (χ2v) is 10.9.